The van der Waals surface area contributed by atoms with Crippen molar-refractivity contribution >= 4 is 19.2 Å². The van der Waals surface area contributed by atoms with Crippen molar-refractivity contribution in [2.24, 2.45) is 0 Å². The number of aliphatic hydroxyl groups excluding tert-OH is 2. The van der Waals surface area contributed by atoms with E-state index in [4.69, 9.17) is 4.74 Å². The maximum atomic E-state index is 11.2. The van der Waals surface area contributed by atoms with Gasteiger partial charge in [0.15, 0.2) is 0 Å². The normalized spacial score (nSPS) is 35.9. The summed E-state index contributed by atoms with van der Waals surface area (Å²) >= 11 is 0. The van der Waals surface area contributed by atoms with Crippen LogP contribution in [0.25, 0.3) is 0 Å². The van der Waals surface area contributed by atoms with Crippen LogP contribution in [0.2, 0.25) is 0 Å². The van der Waals surface area contributed by atoms with E-state index in [9.17, 15) is 15.0 Å². The molecule has 2 amide bonds. The molecule has 0 saturated carbocycles. The lowest BCUT2D eigenvalue weighted by atomic mass is 9.92. The van der Waals surface area contributed by atoms with Gasteiger partial charge in [-0.05, 0) is 32.8 Å². The fraction of sp³-hybridized carbons (Fsp3) is 0.600. The number of rotatable bonds is 4. The Kier molecular flexibility index (Phi) is 4.60. The van der Waals surface area contributed by atoms with E-state index < -0.39 is 30.8 Å². The number of carbonyl (C=O) groups excluding carboxylic acids is 1. The Balaban J connectivity index is 2.18. The Hall–Kier alpha value is -1.07. The van der Waals surface area contributed by atoms with Gasteiger partial charge in [-0.2, -0.15) is 0 Å². The number of hydrogen-bond acceptors (Lipinski definition) is 4. The van der Waals surface area contributed by atoms with Crippen molar-refractivity contribution < 1.29 is 19.7 Å². The van der Waals surface area contributed by atoms with Gasteiger partial charge in [0.25, 0.3) is 0 Å². The van der Waals surface area contributed by atoms with Crippen molar-refractivity contribution in [2.75, 3.05) is 19.5 Å². The predicted octanol–water partition coefficient (Wildman–Crippen LogP) is 0.675. The molecule has 1 saturated heterocycles. The van der Waals surface area contributed by atoms with Gasteiger partial charge in [-0.15, -0.1) is 13.2 Å². The zero-order valence-corrected chi connectivity index (χ0v) is 14.2. The summed E-state index contributed by atoms with van der Waals surface area (Å²) in [5, 5.41) is 25.8. The minimum atomic E-state index is -1.25. The summed E-state index contributed by atoms with van der Waals surface area (Å²) in [6, 6.07) is -0.381. The van der Waals surface area contributed by atoms with Gasteiger partial charge in [-0.1, -0.05) is 6.58 Å². The summed E-state index contributed by atoms with van der Waals surface area (Å²) < 4.78 is 5.98. The Morgan fingerprint density at radius 2 is 2.09 bits per heavy atom. The predicted molar refractivity (Wildman–Crippen MR) is 89.6 cm³/mol. The van der Waals surface area contributed by atoms with Crippen molar-refractivity contribution in [2.45, 2.75) is 37.3 Å². The quantitative estimate of drug-likeness (QED) is 0.571. The molecular weight excluding hydrogens is 303 g/mol. The number of amides is 2. The minimum absolute atomic E-state index is 0.370. The van der Waals surface area contributed by atoms with Crippen molar-refractivity contribution in [3.05, 3.63) is 24.0 Å². The summed E-state index contributed by atoms with van der Waals surface area (Å²) in [7, 11) is 0. The van der Waals surface area contributed by atoms with E-state index in [2.05, 4.69) is 36.8 Å². The summed E-state index contributed by atoms with van der Waals surface area (Å²) in [6.07, 6.45) is 4.29. The molecule has 0 aromatic rings. The number of hydrogen-bond donors (Lipinski definition) is 4. The fourth-order valence-corrected chi connectivity index (χ4v) is 3.71. The Morgan fingerprint density at radius 3 is 2.64 bits per heavy atom. The molecule has 0 aromatic carbocycles. The van der Waals surface area contributed by atoms with Gasteiger partial charge in [0.05, 0.1) is 5.60 Å². The molecule has 4 atom stereocenters. The third kappa shape index (κ3) is 3.46. The lowest BCUT2D eigenvalue weighted by molar-refractivity contribution is -0.0634. The van der Waals surface area contributed by atoms with Gasteiger partial charge in [0, 0.05) is 17.5 Å². The van der Waals surface area contributed by atoms with E-state index in [1.807, 2.05) is 0 Å². The first-order valence-corrected chi connectivity index (χ1v) is 10.3. The third-order valence-electron chi connectivity index (χ3n) is 4.15. The van der Waals surface area contributed by atoms with Crippen LogP contribution < -0.4 is 10.6 Å². The molecule has 2 aliphatic heterocycles. The number of nitrogens with one attached hydrogen (secondary N) is 2. The molecule has 2 aliphatic rings. The molecule has 0 radical (unpaired) electrons. The van der Waals surface area contributed by atoms with Gasteiger partial charge in [-0.25, -0.2) is 4.79 Å². The summed E-state index contributed by atoms with van der Waals surface area (Å²) in [6.45, 7) is 8.56. The Bertz CT molecular complexity index is 568. The third-order valence-corrected chi connectivity index (χ3v) is 5.58. The molecule has 4 N–H and O–H groups in total. The van der Waals surface area contributed by atoms with Crippen LogP contribution in [0.3, 0.4) is 0 Å². The van der Waals surface area contributed by atoms with Gasteiger partial charge >= 0.3 is 6.03 Å². The average molecular weight is 328 g/mol. The highest BCUT2D eigenvalue weighted by Crippen LogP contribution is 2.43. The van der Waals surface area contributed by atoms with E-state index in [0.717, 1.165) is 6.16 Å². The van der Waals surface area contributed by atoms with E-state index in [-0.39, 0.29) is 6.03 Å². The van der Waals surface area contributed by atoms with Crippen LogP contribution in [-0.4, -0.2) is 65.9 Å². The Labute approximate surface area is 131 Å². The van der Waals surface area contributed by atoms with Crippen molar-refractivity contribution in [1.82, 2.24) is 10.6 Å². The molecule has 6 nitrogen and oxygen atoms in total. The monoisotopic (exact) mass is 328 g/mol. The van der Waals surface area contributed by atoms with E-state index >= 15 is 0 Å². The van der Waals surface area contributed by atoms with Crippen LogP contribution in [0.15, 0.2) is 24.0 Å². The van der Waals surface area contributed by atoms with Crippen LogP contribution in [0.5, 0.6) is 0 Å². The maximum Gasteiger partial charge on any atom is 0.323 e. The van der Waals surface area contributed by atoms with Gasteiger partial charge in [0.1, 0.15) is 18.3 Å². The highest BCUT2D eigenvalue weighted by Gasteiger charge is 2.52. The highest BCUT2D eigenvalue weighted by molar-refractivity contribution is 7.72. The van der Waals surface area contributed by atoms with E-state index in [1.54, 1.807) is 6.92 Å². The smallest absolute Gasteiger partial charge is 0.323 e. The first-order valence-electron chi connectivity index (χ1n) is 7.22. The molecule has 1 unspecified atom stereocenters. The summed E-state index contributed by atoms with van der Waals surface area (Å²) in [4.78, 5) is 11.2. The molecule has 0 aliphatic carbocycles. The van der Waals surface area contributed by atoms with Crippen LogP contribution in [0, 0.1) is 0 Å². The second-order valence-electron chi connectivity index (χ2n) is 6.87. The molecule has 22 heavy (non-hydrogen) atoms. The topological polar surface area (TPSA) is 90.8 Å². The fourth-order valence-electron chi connectivity index (χ4n) is 2.66. The lowest BCUT2D eigenvalue weighted by Gasteiger charge is -2.30. The van der Waals surface area contributed by atoms with Crippen LogP contribution >= 0.6 is 6.89 Å². The second-order valence-corrected chi connectivity index (χ2v) is 11.2. The molecule has 0 spiro atoms. The molecule has 7 heteroatoms. The van der Waals surface area contributed by atoms with Crippen LogP contribution in [0.4, 0.5) is 4.79 Å². The molecule has 124 valence electrons. The Morgan fingerprint density at radius 1 is 1.45 bits per heavy atom. The minimum Gasteiger partial charge on any atom is -0.387 e. The largest absolute Gasteiger partial charge is 0.387 e. The van der Waals surface area contributed by atoms with Crippen molar-refractivity contribution in [1.29, 1.82) is 0 Å². The average Bonchev–Trinajstić information content (AvgIpc) is 2.61. The number of carbonyl (C=O) groups is 1. The SMILES string of the molecule is C=C1NC(=O)NC=C1C1O[C@](C)(CCP(=C)(C)C)[C@@H](O)[C@H]1O. The van der Waals surface area contributed by atoms with Gasteiger partial charge in [0.2, 0.25) is 0 Å². The zero-order valence-electron chi connectivity index (χ0n) is 13.3. The number of ether oxygens (including phenoxy) is 1. The molecular formula is C15H25N2O4P. The molecule has 0 aromatic heterocycles. The maximum absolute atomic E-state index is 11.2. The van der Waals surface area contributed by atoms with Gasteiger partial charge in [-0.3, -0.25) is 0 Å². The molecule has 2 heterocycles. The number of urea groups is 1. The van der Waals surface area contributed by atoms with Crippen LogP contribution in [-0.2, 0) is 4.74 Å². The van der Waals surface area contributed by atoms with Gasteiger partial charge < -0.3 is 25.6 Å². The van der Waals surface area contributed by atoms with Crippen molar-refractivity contribution in [3.63, 3.8) is 0 Å². The standard InChI is InChI=1S/C15H25N2O4P/c1-9-10(8-16-14(20)17-9)12-11(18)13(19)15(2,21-12)6-7-22(3,4)5/h8,11-13,18-19H,1,3,6-7H2,2,4-5H3,(H2,16,17,20)/t11-,12?,13-,15+/m0/s1. The van der Waals surface area contributed by atoms with Crippen LogP contribution in [0.1, 0.15) is 13.3 Å². The zero-order chi connectivity index (χ0) is 16.7. The lowest BCUT2D eigenvalue weighted by Crippen LogP contribution is -2.42. The summed E-state index contributed by atoms with van der Waals surface area (Å²) in [5.41, 5.74) is 0.0644. The van der Waals surface area contributed by atoms with E-state index in [1.165, 1.54) is 6.20 Å². The molecule has 0 bridgehead atoms. The molecule has 1 fully saturated rings. The second kappa shape index (κ2) is 5.85. The van der Waals surface area contributed by atoms with E-state index in [0.29, 0.717) is 17.7 Å². The first kappa shape index (κ1) is 17.3. The highest BCUT2D eigenvalue weighted by atomic mass is 31.2. The summed E-state index contributed by atoms with van der Waals surface area (Å²) in [5.74, 6) is 0. The first-order chi connectivity index (χ1) is 10.0. The molecule has 2 rings (SSSR count). The van der Waals surface area contributed by atoms with Crippen molar-refractivity contribution in [3.8, 4) is 0 Å². The number of aliphatic hydroxyl groups is 2.